The van der Waals surface area contributed by atoms with Crippen LogP contribution in [0.2, 0.25) is 0 Å². The predicted octanol–water partition coefficient (Wildman–Crippen LogP) is -0.237. The maximum absolute atomic E-state index is 11.7. The summed E-state index contributed by atoms with van der Waals surface area (Å²) in [6, 6.07) is 0.0565. The Morgan fingerprint density at radius 2 is 2.37 bits per heavy atom. The third-order valence-electron chi connectivity index (χ3n) is 2.86. The van der Waals surface area contributed by atoms with Gasteiger partial charge >= 0.3 is 11.7 Å². The number of rotatable bonds is 3. The van der Waals surface area contributed by atoms with Crippen molar-refractivity contribution in [2.45, 2.75) is 18.9 Å². The molecule has 1 aliphatic rings. The molecular weight excluding hydrogens is 252 g/mol. The number of hydrogen-bond acceptors (Lipinski definition) is 6. The fourth-order valence-electron chi connectivity index (χ4n) is 1.94. The maximum atomic E-state index is 11.7. The molecule has 3 rings (SSSR count). The number of hydrogen-bond donors (Lipinski definition) is 4. The van der Waals surface area contributed by atoms with E-state index >= 15 is 0 Å². The van der Waals surface area contributed by atoms with Gasteiger partial charge in [-0.25, -0.2) is 4.79 Å². The van der Waals surface area contributed by atoms with E-state index < -0.39 is 11.6 Å². The van der Waals surface area contributed by atoms with Gasteiger partial charge in [0, 0.05) is 6.20 Å². The van der Waals surface area contributed by atoms with E-state index in [1.165, 1.54) is 6.20 Å². The van der Waals surface area contributed by atoms with E-state index in [4.69, 9.17) is 4.42 Å². The third kappa shape index (κ3) is 2.40. The van der Waals surface area contributed by atoms with Gasteiger partial charge in [0.1, 0.15) is 5.69 Å². The Kier molecular flexibility index (Phi) is 2.88. The Hall–Kier alpha value is -2.42. The van der Waals surface area contributed by atoms with E-state index in [0.717, 1.165) is 19.4 Å². The van der Waals surface area contributed by atoms with Gasteiger partial charge in [-0.15, -0.1) is 5.10 Å². The quantitative estimate of drug-likeness (QED) is 0.605. The molecule has 1 amide bonds. The molecule has 0 aromatic carbocycles. The molecule has 100 valence electrons. The van der Waals surface area contributed by atoms with E-state index in [2.05, 4.69) is 30.8 Å². The van der Waals surface area contributed by atoms with Crippen molar-refractivity contribution in [3.05, 3.63) is 28.3 Å². The minimum absolute atomic E-state index is 0.00995. The monoisotopic (exact) mass is 264 g/mol. The number of nitrogens with zero attached hydrogens (tertiary/aromatic N) is 2. The summed E-state index contributed by atoms with van der Waals surface area (Å²) in [4.78, 5) is 27.3. The summed E-state index contributed by atoms with van der Waals surface area (Å²) in [7, 11) is 0. The molecule has 1 unspecified atom stereocenters. The van der Waals surface area contributed by atoms with Crippen LogP contribution in [-0.2, 0) is 0 Å². The van der Waals surface area contributed by atoms with Gasteiger partial charge in [-0.3, -0.25) is 10.1 Å². The van der Waals surface area contributed by atoms with Crippen molar-refractivity contribution >= 4 is 11.9 Å². The minimum Gasteiger partial charge on any atom is -0.406 e. The number of carbonyl (C=O) groups excluding carboxylic acids is 1. The standard InChI is InChI=1S/C10H12N6O3/c17-7(6-4-12-9(18)13-6)14-10-16-15-8(19-10)5-2-1-3-11-5/h4-5,11H,1-3H2,(H2,12,13,18)(H,14,16,17). The third-order valence-corrected chi connectivity index (χ3v) is 2.86. The second-order valence-electron chi connectivity index (χ2n) is 4.20. The summed E-state index contributed by atoms with van der Waals surface area (Å²) in [6.45, 7) is 0.916. The highest BCUT2D eigenvalue weighted by atomic mass is 16.4. The van der Waals surface area contributed by atoms with Gasteiger partial charge in [-0.05, 0) is 19.4 Å². The first-order chi connectivity index (χ1) is 9.22. The van der Waals surface area contributed by atoms with Gasteiger partial charge in [-0.2, -0.15) is 0 Å². The lowest BCUT2D eigenvalue weighted by molar-refractivity contribution is 0.101. The zero-order chi connectivity index (χ0) is 13.2. The van der Waals surface area contributed by atoms with Crippen molar-refractivity contribution in [2.75, 3.05) is 11.9 Å². The van der Waals surface area contributed by atoms with E-state index in [-0.39, 0.29) is 17.8 Å². The summed E-state index contributed by atoms with van der Waals surface area (Å²) < 4.78 is 5.35. The molecule has 1 aliphatic heterocycles. The van der Waals surface area contributed by atoms with Crippen LogP contribution in [0.3, 0.4) is 0 Å². The van der Waals surface area contributed by atoms with Gasteiger partial charge in [-0.1, -0.05) is 5.10 Å². The van der Waals surface area contributed by atoms with Gasteiger partial charge in [0.2, 0.25) is 5.89 Å². The number of H-pyrrole nitrogens is 2. The Morgan fingerprint density at radius 3 is 3.05 bits per heavy atom. The smallest absolute Gasteiger partial charge is 0.323 e. The largest absolute Gasteiger partial charge is 0.406 e. The van der Waals surface area contributed by atoms with Crippen molar-refractivity contribution in [1.29, 1.82) is 0 Å². The van der Waals surface area contributed by atoms with Crippen LogP contribution < -0.4 is 16.3 Å². The molecule has 0 saturated carbocycles. The zero-order valence-corrected chi connectivity index (χ0v) is 9.90. The average molecular weight is 264 g/mol. The second kappa shape index (κ2) is 4.69. The zero-order valence-electron chi connectivity index (χ0n) is 9.90. The molecule has 9 nitrogen and oxygen atoms in total. The van der Waals surface area contributed by atoms with E-state index in [1.54, 1.807) is 0 Å². The molecule has 1 atom stereocenters. The first-order valence-electron chi connectivity index (χ1n) is 5.88. The lowest BCUT2D eigenvalue weighted by Gasteiger charge is -2.02. The lowest BCUT2D eigenvalue weighted by atomic mass is 10.2. The van der Waals surface area contributed by atoms with E-state index in [0.29, 0.717) is 5.89 Å². The summed E-state index contributed by atoms with van der Waals surface area (Å²) in [5.74, 6) is -0.0664. The molecule has 2 aromatic heterocycles. The number of aromatic amines is 2. The molecule has 19 heavy (non-hydrogen) atoms. The van der Waals surface area contributed by atoms with Crippen molar-refractivity contribution in [2.24, 2.45) is 0 Å². The Labute approximate surface area is 106 Å². The first kappa shape index (κ1) is 11.7. The molecule has 3 heterocycles. The highest BCUT2D eigenvalue weighted by Gasteiger charge is 2.22. The molecule has 0 radical (unpaired) electrons. The topological polar surface area (TPSA) is 129 Å². The van der Waals surface area contributed by atoms with Gasteiger partial charge < -0.3 is 19.7 Å². The lowest BCUT2D eigenvalue weighted by Crippen LogP contribution is -2.14. The van der Waals surface area contributed by atoms with Crippen LogP contribution in [0.25, 0.3) is 0 Å². The minimum atomic E-state index is -0.520. The average Bonchev–Trinajstić information content (AvgIpc) is 3.07. The highest BCUT2D eigenvalue weighted by Crippen LogP contribution is 2.22. The van der Waals surface area contributed by atoms with Gasteiger partial charge in [0.15, 0.2) is 0 Å². The van der Waals surface area contributed by atoms with E-state index in [1.807, 2.05) is 0 Å². The van der Waals surface area contributed by atoms with Gasteiger partial charge in [0.25, 0.3) is 5.91 Å². The van der Waals surface area contributed by atoms with Crippen LogP contribution in [0.5, 0.6) is 0 Å². The fraction of sp³-hybridized carbons (Fsp3) is 0.400. The van der Waals surface area contributed by atoms with Crippen LogP contribution in [0.1, 0.15) is 35.3 Å². The van der Waals surface area contributed by atoms with Crippen molar-refractivity contribution < 1.29 is 9.21 Å². The highest BCUT2D eigenvalue weighted by molar-refractivity contribution is 6.01. The first-order valence-corrected chi connectivity index (χ1v) is 5.88. The molecule has 0 spiro atoms. The fourth-order valence-corrected chi connectivity index (χ4v) is 1.94. The molecule has 0 aliphatic carbocycles. The van der Waals surface area contributed by atoms with Crippen molar-refractivity contribution in [3.8, 4) is 0 Å². The number of anilines is 1. The van der Waals surface area contributed by atoms with Crippen molar-refractivity contribution in [1.82, 2.24) is 25.5 Å². The SMILES string of the molecule is O=C(Nc1nnc(C2CCCN2)o1)c1c[nH]c(=O)[nH]1. The van der Waals surface area contributed by atoms with Crippen molar-refractivity contribution in [3.63, 3.8) is 0 Å². The molecule has 0 bridgehead atoms. The van der Waals surface area contributed by atoms with Crippen LogP contribution in [-0.4, -0.2) is 32.6 Å². The Bertz CT molecular complexity index is 635. The second-order valence-corrected chi connectivity index (χ2v) is 4.20. The number of amides is 1. The van der Waals surface area contributed by atoms with E-state index in [9.17, 15) is 9.59 Å². The Morgan fingerprint density at radius 1 is 1.47 bits per heavy atom. The molecule has 2 aromatic rings. The summed E-state index contributed by atoms with van der Waals surface area (Å²) in [5.41, 5.74) is -0.352. The Balaban J connectivity index is 1.69. The number of aromatic nitrogens is 4. The number of carbonyl (C=O) groups is 1. The number of nitrogens with one attached hydrogen (secondary N) is 4. The van der Waals surface area contributed by atoms with Crippen LogP contribution in [0.4, 0.5) is 6.01 Å². The van der Waals surface area contributed by atoms with Crippen LogP contribution >= 0.6 is 0 Å². The summed E-state index contributed by atoms with van der Waals surface area (Å²) in [5, 5.41) is 13.3. The number of imidazole rings is 1. The maximum Gasteiger partial charge on any atom is 0.323 e. The normalized spacial score (nSPS) is 18.6. The molecule has 1 saturated heterocycles. The van der Waals surface area contributed by atoms with Gasteiger partial charge in [0.05, 0.1) is 6.04 Å². The molecule has 1 fully saturated rings. The summed E-state index contributed by atoms with van der Waals surface area (Å²) >= 11 is 0. The molecular formula is C10H12N6O3. The molecule has 9 heteroatoms. The van der Waals surface area contributed by atoms with Crippen LogP contribution in [0, 0.1) is 0 Å². The predicted molar refractivity (Wildman–Crippen MR) is 63.6 cm³/mol. The molecule has 4 N–H and O–H groups in total. The van der Waals surface area contributed by atoms with Crippen LogP contribution in [0.15, 0.2) is 15.4 Å². The summed E-state index contributed by atoms with van der Waals surface area (Å²) in [6.07, 6.45) is 3.26.